The third kappa shape index (κ3) is 6.17. The Morgan fingerprint density at radius 1 is 0.964 bits per heavy atom. The fourth-order valence-corrected chi connectivity index (χ4v) is 3.67. The van der Waals surface area contributed by atoms with Crippen LogP contribution in [0.4, 0.5) is 0 Å². The number of aryl methyl sites for hydroxylation is 1. The van der Waals surface area contributed by atoms with Crippen LogP contribution in [0.25, 0.3) is 0 Å². The summed E-state index contributed by atoms with van der Waals surface area (Å²) in [5, 5.41) is 0.975. The third-order valence-corrected chi connectivity index (χ3v) is 5.46. The van der Waals surface area contributed by atoms with Gasteiger partial charge < -0.3 is 18.9 Å². The van der Waals surface area contributed by atoms with Crippen molar-refractivity contribution in [3.63, 3.8) is 0 Å². The van der Waals surface area contributed by atoms with Crippen molar-refractivity contribution in [2.45, 2.75) is 26.7 Å². The van der Waals surface area contributed by atoms with E-state index in [1.165, 1.54) is 14.2 Å². The largest absolute Gasteiger partial charge is 0.496 e. The molecule has 1 radical (unpaired) electrons. The molecule has 0 N–H and O–H groups in total. The van der Waals surface area contributed by atoms with Crippen molar-refractivity contribution >= 4 is 38.3 Å². The molecule has 0 spiro atoms. The maximum absolute atomic E-state index is 13.0. The average molecular weight is 397 g/mol. The van der Waals surface area contributed by atoms with E-state index in [0.29, 0.717) is 29.4 Å². The molecule has 0 aliphatic carbocycles. The van der Waals surface area contributed by atoms with Crippen LogP contribution >= 0.6 is 8.58 Å². The summed E-state index contributed by atoms with van der Waals surface area (Å²) in [6.45, 7) is 4.83. The molecule has 7 heteroatoms. The molecule has 0 aromatic heterocycles. The van der Waals surface area contributed by atoms with E-state index >= 15 is 0 Å². The van der Waals surface area contributed by atoms with Gasteiger partial charge in [0.15, 0.2) is 5.52 Å². The summed E-state index contributed by atoms with van der Waals surface area (Å²) in [5.74, 6) is 2.30. The number of carbonyl (C=O) groups is 1. The van der Waals surface area contributed by atoms with E-state index in [2.05, 4.69) is 6.92 Å². The van der Waals surface area contributed by atoms with Crippen LogP contribution in [0.3, 0.4) is 0 Å². The molecule has 0 fully saturated rings. The number of hydrogen-bond donors (Lipinski definition) is 0. The third-order valence-electron chi connectivity index (χ3n) is 4.15. The molecule has 0 heterocycles. The minimum Gasteiger partial charge on any atom is -0.496 e. The summed E-state index contributed by atoms with van der Waals surface area (Å²) < 4.78 is 21.8. The van der Waals surface area contributed by atoms with Crippen molar-refractivity contribution in [2.24, 2.45) is 0 Å². The van der Waals surface area contributed by atoms with Crippen molar-refractivity contribution in [1.29, 1.82) is 0 Å². The Morgan fingerprint density at radius 3 is 2.11 bits per heavy atom. The average Bonchev–Trinajstić information content (AvgIpc) is 2.68. The van der Waals surface area contributed by atoms with Gasteiger partial charge in [0.2, 0.25) is 0 Å². The van der Waals surface area contributed by atoms with Crippen LogP contribution in [0, 0.1) is 6.92 Å². The zero-order chi connectivity index (χ0) is 19.8. The molecule has 0 saturated carbocycles. The first kappa shape index (κ1) is 24.4. The van der Waals surface area contributed by atoms with Gasteiger partial charge in [-0.1, -0.05) is 19.4 Å². The first-order chi connectivity index (χ1) is 13.0. The molecule has 2 aromatic rings. The predicted molar refractivity (Wildman–Crippen MR) is 116 cm³/mol. The van der Waals surface area contributed by atoms with E-state index in [1.807, 2.05) is 25.1 Å². The zero-order valence-electron chi connectivity index (χ0n) is 17.5. The quantitative estimate of drug-likeness (QED) is 0.345. The van der Waals surface area contributed by atoms with Gasteiger partial charge >= 0.3 is 0 Å². The topological polar surface area (TPSA) is 54.0 Å². The van der Waals surface area contributed by atoms with Gasteiger partial charge in [0.05, 0.1) is 27.9 Å². The standard InChI is InChI=1S/C21H27O5P.Li/c1-6-7-10-26-15-8-9-19(14(2)11-15)27-21(22)20-17(24-4)12-16(23-3)13-18(20)25-5;/h8-9,11-13,27H,6-7,10H2,1-5H3;. The second kappa shape index (κ2) is 12.0. The molecule has 0 aliphatic heterocycles. The molecule has 0 amide bonds. The number of hydrogen-bond acceptors (Lipinski definition) is 5. The van der Waals surface area contributed by atoms with Gasteiger partial charge in [-0.3, -0.25) is 4.79 Å². The molecule has 2 aromatic carbocycles. The molecule has 147 valence electrons. The predicted octanol–water partition coefficient (Wildman–Crippen LogP) is 3.96. The molecule has 28 heavy (non-hydrogen) atoms. The number of carbonyl (C=O) groups excluding carboxylic acids is 1. The van der Waals surface area contributed by atoms with Gasteiger partial charge in [-0.25, -0.2) is 0 Å². The van der Waals surface area contributed by atoms with Crippen molar-refractivity contribution in [3.05, 3.63) is 41.5 Å². The smallest absolute Gasteiger partial charge is 0.193 e. The number of benzene rings is 2. The Kier molecular flexibility index (Phi) is 10.5. The van der Waals surface area contributed by atoms with Crippen LogP contribution in [0.5, 0.6) is 23.0 Å². The molecule has 5 nitrogen and oxygen atoms in total. The summed E-state index contributed by atoms with van der Waals surface area (Å²) in [7, 11) is 4.57. The molecular weight excluding hydrogens is 370 g/mol. The van der Waals surface area contributed by atoms with E-state index in [0.717, 1.165) is 29.5 Å². The Morgan fingerprint density at radius 2 is 1.61 bits per heavy atom. The summed E-state index contributed by atoms with van der Waals surface area (Å²) in [4.78, 5) is 13.0. The van der Waals surface area contributed by atoms with Gasteiger partial charge in [-0.15, -0.1) is 0 Å². The summed E-state index contributed by atoms with van der Waals surface area (Å²) >= 11 is 0. The minimum absolute atomic E-state index is 0. The van der Waals surface area contributed by atoms with Crippen molar-refractivity contribution in [2.75, 3.05) is 27.9 Å². The first-order valence-electron chi connectivity index (χ1n) is 8.88. The molecular formula is C21H27LiO5P. The Hall–Kier alpha value is -1.66. The van der Waals surface area contributed by atoms with Crippen LogP contribution in [0.2, 0.25) is 0 Å². The Bertz CT molecular complexity index is 769. The number of rotatable bonds is 10. The van der Waals surface area contributed by atoms with E-state index in [4.69, 9.17) is 18.9 Å². The van der Waals surface area contributed by atoms with E-state index < -0.39 is 0 Å². The Balaban J connectivity index is 0.00000392. The van der Waals surface area contributed by atoms with Gasteiger partial charge in [0, 0.05) is 31.0 Å². The number of ether oxygens (including phenoxy) is 4. The van der Waals surface area contributed by atoms with Crippen LogP contribution in [-0.4, -0.2) is 52.3 Å². The van der Waals surface area contributed by atoms with Gasteiger partial charge in [0.1, 0.15) is 28.6 Å². The normalized spacial score (nSPS) is 10.5. The molecule has 1 unspecified atom stereocenters. The van der Waals surface area contributed by atoms with E-state index in [9.17, 15) is 4.79 Å². The summed E-state index contributed by atoms with van der Waals surface area (Å²) in [5.41, 5.74) is 1.41. The first-order valence-corrected chi connectivity index (χ1v) is 9.88. The fourth-order valence-electron chi connectivity index (χ4n) is 2.61. The molecule has 0 aliphatic rings. The second-order valence-corrected chi connectivity index (χ2v) is 7.28. The van der Waals surface area contributed by atoms with Gasteiger partial charge in [-0.05, 0) is 44.9 Å². The van der Waals surface area contributed by atoms with Crippen LogP contribution < -0.4 is 24.3 Å². The van der Waals surface area contributed by atoms with E-state index in [-0.39, 0.29) is 33.0 Å². The van der Waals surface area contributed by atoms with Crippen molar-refractivity contribution < 1.29 is 23.7 Å². The van der Waals surface area contributed by atoms with Crippen LogP contribution in [0.15, 0.2) is 30.3 Å². The van der Waals surface area contributed by atoms with Crippen molar-refractivity contribution in [3.8, 4) is 23.0 Å². The summed E-state index contributed by atoms with van der Waals surface area (Å²) in [6.07, 6.45) is 2.12. The number of methoxy groups -OCH3 is 3. The monoisotopic (exact) mass is 397 g/mol. The van der Waals surface area contributed by atoms with Crippen LogP contribution in [0.1, 0.15) is 35.7 Å². The fraction of sp³-hybridized carbons (Fsp3) is 0.381. The SMILES string of the molecule is CCCCOc1ccc(PC(=O)c2c(OC)cc(OC)cc2OC)c(C)c1.[Li]. The second-order valence-electron chi connectivity index (χ2n) is 6.04. The van der Waals surface area contributed by atoms with E-state index in [1.54, 1.807) is 19.2 Å². The molecule has 2 rings (SSSR count). The zero-order valence-corrected chi connectivity index (χ0v) is 18.5. The van der Waals surface area contributed by atoms with Gasteiger partial charge in [-0.2, -0.15) is 0 Å². The minimum atomic E-state index is -0.0471. The number of unbranched alkanes of at least 4 members (excludes halogenated alkanes) is 1. The molecule has 0 bridgehead atoms. The van der Waals surface area contributed by atoms with Crippen molar-refractivity contribution in [1.82, 2.24) is 0 Å². The van der Waals surface area contributed by atoms with Gasteiger partial charge in [0.25, 0.3) is 0 Å². The summed E-state index contributed by atoms with van der Waals surface area (Å²) in [6, 6.07) is 9.24. The molecule has 1 atom stereocenters. The maximum Gasteiger partial charge on any atom is 0.193 e. The maximum atomic E-state index is 13.0. The Labute approximate surface area is 181 Å². The molecule has 0 saturated heterocycles. The van der Waals surface area contributed by atoms with Crippen LogP contribution in [-0.2, 0) is 0 Å².